The van der Waals surface area contributed by atoms with Crippen molar-refractivity contribution in [2.75, 3.05) is 0 Å². The number of amides is 1. The maximum absolute atomic E-state index is 12.5. The fraction of sp³-hybridized carbons (Fsp3) is 0.438. The molecule has 2 fully saturated rings. The highest BCUT2D eigenvalue weighted by Crippen LogP contribution is 2.53. The highest BCUT2D eigenvalue weighted by Gasteiger charge is 2.64. The maximum atomic E-state index is 12.5. The summed E-state index contributed by atoms with van der Waals surface area (Å²) >= 11 is 1.49. The zero-order valence-corrected chi connectivity index (χ0v) is 13.2. The van der Waals surface area contributed by atoms with Crippen LogP contribution >= 0.6 is 11.8 Å². The molecule has 0 bridgehead atoms. The quantitative estimate of drug-likeness (QED) is 0.629. The second-order valence-electron chi connectivity index (χ2n) is 5.96. The van der Waals surface area contributed by atoms with Crippen LogP contribution in [0.5, 0.6) is 0 Å². The Balaban J connectivity index is 1.72. The third-order valence-corrected chi connectivity index (χ3v) is 5.60. The smallest absolute Gasteiger partial charge is 0.330 e. The Hall–Kier alpha value is -2.00. The molecule has 2 saturated heterocycles. The highest BCUT2D eigenvalue weighted by atomic mass is 32.2. The fourth-order valence-electron chi connectivity index (χ4n) is 2.92. The number of hydrogen-bond donors (Lipinski definition) is 0. The number of rotatable bonds is 3. The SMILES string of the molecule is CC1(C)SC2C(C#N)C(=O)N2[C@H]1C(=O)OCc1ccccc1. The van der Waals surface area contributed by atoms with Crippen LogP contribution in [0.15, 0.2) is 30.3 Å². The van der Waals surface area contributed by atoms with Gasteiger partial charge in [0, 0.05) is 4.75 Å². The lowest BCUT2D eigenvalue weighted by Crippen LogP contribution is -2.62. The minimum Gasteiger partial charge on any atom is -0.459 e. The molecule has 1 aromatic rings. The number of fused-ring (bicyclic) bond motifs is 1. The number of benzene rings is 1. The predicted molar refractivity (Wildman–Crippen MR) is 81.4 cm³/mol. The average Bonchev–Trinajstić information content (AvgIpc) is 2.74. The largest absolute Gasteiger partial charge is 0.459 e. The van der Waals surface area contributed by atoms with E-state index in [-0.39, 0.29) is 17.9 Å². The normalized spacial score (nSPS) is 28.5. The minimum atomic E-state index is -0.642. The third kappa shape index (κ3) is 2.26. The summed E-state index contributed by atoms with van der Waals surface area (Å²) < 4.78 is 4.93. The molecule has 2 heterocycles. The van der Waals surface area contributed by atoms with Crippen molar-refractivity contribution in [3.05, 3.63) is 35.9 Å². The van der Waals surface area contributed by atoms with Crippen LogP contribution in [-0.4, -0.2) is 32.9 Å². The van der Waals surface area contributed by atoms with E-state index in [0.717, 1.165) is 5.56 Å². The molecule has 3 rings (SSSR count). The summed E-state index contributed by atoms with van der Waals surface area (Å²) in [6, 6.07) is 10.8. The number of carbonyl (C=O) groups is 2. The van der Waals surface area contributed by atoms with E-state index in [2.05, 4.69) is 0 Å². The van der Waals surface area contributed by atoms with Gasteiger partial charge in [0.2, 0.25) is 5.91 Å². The van der Waals surface area contributed by atoms with Crippen molar-refractivity contribution in [3.63, 3.8) is 0 Å². The van der Waals surface area contributed by atoms with E-state index < -0.39 is 22.7 Å². The van der Waals surface area contributed by atoms with Gasteiger partial charge in [-0.15, -0.1) is 11.8 Å². The summed E-state index contributed by atoms with van der Waals surface area (Å²) in [5.74, 6) is -1.32. The van der Waals surface area contributed by atoms with Crippen molar-refractivity contribution in [2.24, 2.45) is 5.92 Å². The average molecular weight is 316 g/mol. The summed E-state index contributed by atoms with van der Waals surface area (Å²) in [4.78, 5) is 26.0. The van der Waals surface area contributed by atoms with Gasteiger partial charge in [-0.2, -0.15) is 5.26 Å². The lowest BCUT2D eigenvalue weighted by atomic mass is 9.93. The van der Waals surface area contributed by atoms with Crippen LogP contribution < -0.4 is 0 Å². The van der Waals surface area contributed by atoms with Crippen LogP contribution in [0.4, 0.5) is 0 Å². The summed E-state index contributed by atoms with van der Waals surface area (Å²) in [6.45, 7) is 4.00. The monoisotopic (exact) mass is 316 g/mol. The van der Waals surface area contributed by atoms with E-state index >= 15 is 0 Å². The number of ether oxygens (including phenoxy) is 1. The lowest BCUT2D eigenvalue weighted by Gasteiger charge is -2.40. The predicted octanol–water partition coefficient (Wildman–Crippen LogP) is 1.93. The van der Waals surface area contributed by atoms with Crippen LogP contribution in [0, 0.1) is 17.2 Å². The second-order valence-corrected chi connectivity index (χ2v) is 7.73. The molecule has 5 nitrogen and oxygen atoms in total. The number of β-lactam (4-membered cyclic amide) rings is 1. The van der Waals surface area contributed by atoms with E-state index in [1.807, 2.05) is 50.2 Å². The first kappa shape index (κ1) is 14.9. The Kier molecular flexibility index (Phi) is 3.61. The molecule has 0 aromatic heterocycles. The molecule has 0 N–H and O–H groups in total. The van der Waals surface area contributed by atoms with Crippen molar-refractivity contribution in [1.82, 2.24) is 4.90 Å². The van der Waals surface area contributed by atoms with Gasteiger partial charge in [-0.25, -0.2) is 4.79 Å². The van der Waals surface area contributed by atoms with E-state index in [1.165, 1.54) is 16.7 Å². The highest BCUT2D eigenvalue weighted by molar-refractivity contribution is 8.01. The molecule has 2 aliphatic heterocycles. The van der Waals surface area contributed by atoms with Crippen LogP contribution in [-0.2, 0) is 20.9 Å². The van der Waals surface area contributed by atoms with Crippen LogP contribution in [0.2, 0.25) is 0 Å². The summed E-state index contributed by atoms with van der Waals surface area (Å²) in [5, 5.41) is 8.79. The number of nitrogens with zero attached hydrogens (tertiary/aromatic N) is 2. The Morgan fingerprint density at radius 1 is 1.41 bits per heavy atom. The third-order valence-electron chi connectivity index (χ3n) is 4.03. The molecule has 6 heteroatoms. The van der Waals surface area contributed by atoms with Crippen molar-refractivity contribution < 1.29 is 14.3 Å². The minimum absolute atomic E-state index is 0.186. The van der Waals surface area contributed by atoms with Crippen molar-refractivity contribution in [2.45, 2.75) is 36.6 Å². The van der Waals surface area contributed by atoms with Crippen molar-refractivity contribution >= 4 is 23.6 Å². The molecule has 0 aliphatic carbocycles. The first-order valence-corrected chi connectivity index (χ1v) is 7.94. The topological polar surface area (TPSA) is 70.4 Å². The molecule has 2 aliphatic rings. The zero-order chi connectivity index (χ0) is 15.9. The Labute approximate surface area is 133 Å². The van der Waals surface area contributed by atoms with Gasteiger partial charge in [0.1, 0.15) is 18.0 Å². The first-order valence-electron chi connectivity index (χ1n) is 7.06. The molecule has 2 unspecified atom stereocenters. The Morgan fingerprint density at radius 3 is 2.73 bits per heavy atom. The molecular formula is C16H16N2O3S. The summed E-state index contributed by atoms with van der Waals surface area (Å²) in [7, 11) is 0. The molecule has 22 heavy (non-hydrogen) atoms. The van der Waals surface area contributed by atoms with Crippen molar-refractivity contribution in [3.8, 4) is 6.07 Å². The molecule has 0 radical (unpaired) electrons. The Morgan fingerprint density at radius 2 is 2.09 bits per heavy atom. The molecule has 3 atom stereocenters. The Bertz CT molecular complexity index is 653. The van der Waals surface area contributed by atoms with Crippen LogP contribution in [0.3, 0.4) is 0 Å². The van der Waals surface area contributed by atoms with Gasteiger partial charge in [-0.1, -0.05) is 30.3 Å². The standard InChI is InChI=1S/C16H16N2O3S/c1-16(2)12(18-13(19)11(8-17)14(18)22-16)15(20)21-9-10-6-4-3-5-7-10/h3-7,11-12,14H,9H2,1-2H3/t11?,12-,14?/m0/s1. The molecular weight excluding hydrogens is 300 g/mol. The molecule has 0 saturated carbocycles. The summed E-state index contributed by atoms with van der Waals surface area (Å²) in [6.07, 6.45) is 0. The number of thioether (sulfide) groups is 1. The van der Waals surface area contributed by atoms with Crippen LogP contribution in [0.25, 0.3) is 0 Å². The first-order chi connectivity index (χ1) is 10.5. The molecule has 0 spiro atoms. The number of hydrogen-bond acceptors (Lipinski definition) is 5. The van der Waals surface area contributed by atoms with Crippen LogP contribution in [0.1, 0.15) is 19.4 Å². The number of esters is 1. The lowest BCUT2D eigenvalue weighted by molar-refractivity contribution is -0.165. The fourth-order valence-corrected chi connectivity index (χ4v) is 4.53. The van der Waals surface area contributed by atoms with Gasteiger partial charge in [-0.05, 0) is 19.4 Å². The molecule has 1 amide bonds. The van der Waals surface area contributed by atoms with E-state index in [1.54, 1.807) is 0 Å². The van der Waals surface area contributed by atoms with E-state index in [9.17, 15) is 9.59 Å². The van der Waals surface area contributed by atoms with Crippen molar-refractivity contribution in [1.29, 1.82) is 5.26 Å². The van der Waals surface area contributed by atoms with Gasteiger partial charge in [0.15, 0.2) is 5.92 Å². The van der Waals surface area contributed by atoms with E-state index in [4.69, 9.17) is 10.00 Å². The number of carbonyl (C=O) groups excluding carboxylic acids is 2. The molecule has 1 aromatic carbocycles. The number of nitriles is 1. The molecule has 114 valence electrons. The van der Waals surface area contributed by atoms with E-state index in [0.29, 0.717) is 0 Å². The van der Waals surface area contributed by atoms with Gasteiger partial charge in [0.05, 0.1) is 6.07 Å². The summed E-state index contributed by atoms with van der Waals surface area (Å²) in [5.41, 5.74) is 0.903. The van der Waals surface area contributed by atoms with Gasteiger partial charge in [-0.3, -0.25) is 4.79 Å². The second kappa shape index (κ2) is 5.33. The van der Waals surface area contributed by atoms with Gasteiger partial charge >= 0.3 is 5.97 Å². The van der Waals surface area contributed by atoms with Gasteiger partial charge in [0.25, 0.3) is 0 Å². The zero-order valence-electron chi connectivity index (χ0n) is 12.4. The van der Waals surface area contributed by atoms with Gasteiger partial charge < -0.3 is 9.64 Å². The maximum Gasteiger partial charge on any atom is 0.330 e.